The molecule has 0 fully saturated rings. The van der Waals surface area contributed by atoms with E-state index in [-0.39, 0.29) is 18.1 Å². The van der Waals surface area contributed by atoms with Gasteiger partial charge in [-0.15, -0.1) is 11.3 Å². The predicted molar refractivity (Wildman–Crippen MR) is 81.6 cm³/mol. The molecule has 6 heteroatoms. The van der Waals surface area contributed by atoms with Crippen LogP contribution in [0.25, 0.3) is 6.08 Å². The number of thiophene rings is 1. The number of halogens is 1. The van der Waals surface area contributed by atoms with E-state index in [2.05, 4.69) is 0 Å². The van der Waals surface area contributed by atoms with Gasteiger partial charge in [0, 0.05) is 6.08 Å². The lowest BCUT2D eigenvalue weighted by Crippen LogP contribution is -2.11. The second-order valence-electron chi connectivity index (χ2n) is 4.24. The third-order valence-electron chi connectivity index (χ3n) is 2.73. The van der Waals surface area contributed by atoms with Crippen LogP contribution in [0, 0.1) is 5.82 Å². The molecule has 22 heavy (non-hydrogen) atoms. The highest BCUT2D eigenvalue weighted by atomic mass is 32.1. The summed E-state index contributed by atoms with van der Waals surface area (Å²) in [6.07, 6.45) is 2.55. The standard InChI is InChI=1S/C16H13FO4S/c1-20-14-6-4-11(9-12(14)17)5-7-16(19)21-10-13(18)15-3-2-8-22-15/h2-9H,10H2,1H3/b7-5+. The zero-order valence-corrected chi connectivity index (χ0v) is 12.6. The summed E-state index contributed by atoms with van der Waals surface area (Å²) in [5.74, 6) is -1.32. The molecule has 114 valence electrons. The number of esters is 1. The molecule has 0 unspecified atom stereocenters. The van der Waals surface area contributed by atoms with Crippen LogP contribution in [0.5, 0.6) is 5.75 Å². The number of methoxy groups -OCH3 is 1. The molecule has 0 bridgehead atoms. The Kier molecular flexibility index (Phi) is 5.43. The van der Waals surface area contributed by atoms with Gasteiger partial charge in [-0.05, 0) is 35.2 Å². The van der Waals surface area contributed by atoms with Crippen molar-refractivity contribution in [2.24, 2.45) is 0 Å². The Hall–Kier alpha value is -2.47. The molecule has 1 aromatic carbocycles. The normalized spacial score (nSPS) is 10.6. The van der Waals surface area contributed by atoms with E-state index in [9.17, 15) is 14.0 Å². The minimum atomic E-state index is -0.666. The number of carbonyl (C=O) groups excluding carboxylic acids is 2. The molecule has 0 spiro atoms. The predicted octanol–water partition coefficient (Wildman–Crippen LogP) is 3.34. The van der Waals surface area contributed by atoms with Crippen LogP contribution >= 0.6 is 11.3 Å². The Morgan fingerprint density at radius 1 is 1.32 bits per heavy atom. The van der Waals surface area contributed by atoms with Gasteiger partial charge in [-0.25, -0.2) is 9.18 Å². The molecular formula is C16H13FO4S. The molecule has 0 saturated heterocycles. The third-order valence-corrected chi connectivity index (χ3v) is 3.64. The van der Waals surface area contributed by atoms with Crippen molar-refractivity contribution in [2.45, 2.75) is 0 Å². The maximum atomic E-state index is 13.5. The number of rotatable bonds is 6. The highest BCUT2D eigenvalue weighted by molar-refractivity contribution is 7.12. The summed E-state index contributed by atoms with van der Waals surface area (Å²) < 4.78 is 23.1. The minimum Gasteiger partial charge on any atom is -0.494 e. The lowest BCUT2D eigenvalue weighted by molar-refractivity contribution is -0.136. The number of Topliss-reactive ketones (excluding diaryl/α,β-unsaturated/α-hetero) is 1. The zero-order valence-electron chi connectivity index (χ0n) is 11.7. The molecule has 0 N–H and O–H groups in total. The molecular weight excluding hydrogens is 307 g/mol. The Labute approximate surface area is 130 Å². The van der Waals surface area contributed by atoms with Crippen molar-refractivity contribution in [3.05, 3.63) is 58.0 Å². The Balaban J connectivity index is 1.89. The van der Waals surface area contributed by atoms with Crippen LogP contribution in [0.4, 0.5) is 4.39 Å². The van der Waals surface area contributed by atoms with Gasteiger partial charge in [0.15, 0.2) is 18.2 Å². The monoisotopic (exact) mass is 320 g/mol. The average molecular weight is 320 g/mol. The maximum Gasteiger partial charge on any atom is 0.331 e. The first-order valence-electron chi connectivity index (χ1n) is 6.35. The Bertz CT molecular complexity index is 692. The first-order valence-corrected chi connectivity index (χ1v) is 7.23. The molecule has 0 amide bonds. The van der Waals surface area contributed by atoms with Crippen molar-refractivity contribution in [3.63, 3.8) is 0 Å². The van der Waals surface area contributed by atoms with Gasteiger partial charge < -0.3 is 9.47 Å². The number of ether oxygens (including phenoxy) is 2. The zero-order chi connectivity index (χ0) is 15.9. The Morgan fingerprint density at radius 3 is 2.77 bits per heavy atom. The van der Waals surface area contributed by atoms with Gasteiger partial charge in [-0.1, -0.05) is 12.1 Å². The van der Waals surface area contributed by atoms with Crippen LogP contribution in [0.1, 0.15) is 15.2 Å². The van der Waals surface area contributed by atoms with Gasteiger partial charge in [-0.2, -0.15) is 0 Å². The maximum absolute atomic E-state index is 13.5. The van der Waals surface area contributed by atoms with Crippen molar-refractivity contribution in [3.8, 4) is 5.75 Å². The van der Waals surface area contributed by atoms with Crippen LogP contribution in [-0.2, 0) is 9.53 Å². The molecule has 0 aliphatic heterocycles. The van der Waals surface area contributed by atoms with Gasteiger partial charge in [0.1, 0.15) is 0 Å². The molecule has 0 radical (unpaired) electrons. The average Bonchev–Trinajstić information content (AvgIpc) is 3.05. The highest BCUT2D eigenvalue weighted by Crippen LogP contribution is 2.18. The summed E-state index contributed by atoms with van der Waals surface area (Å²) in [6, 6.07) is 7.71. The summed E-state index contributed by atoms with van der Waals surface area (Å²) in [6.45, 7) is -0.319. The molecule has 2 rings (SSSR count). The van der Waals surface area contributed by atoms with E-state index < -0.39 is 11.8 Å². The van der Waals surface area contributed by atoms with E-state index in [1.165, 1.54) is 36.7 Å². The highest BCUT2D eigenvalue weighted by Gasteiger charge is 2.09. The fourth-order valence-corrected chi connectivity index (χ4v) is 2.29. The van der Waals surface area contributed by atoms with E-state index >= 15 is 0 Å². The largest absolute Gasteiger partial charge is 0.494 e. The molecule has 4 nitrogen and oxygen atoms in total. The quantitative estimate of drug-likeness (QED) is 0.465. The molecule has 2 aromatic rings. The van der Waals surface area contributed by atoms with Crippen LogP contribution in [-0.4, -0.2) is 25.5 Å². The van der Waals surface area contributed by atoms with Crippen LogP contribution < -0.4 is 4.74 Å². The van der Waals surface area contributed by atoms with Crippen LogP contribution in [0.3, 0.4) is 0 Å². The van der Waals surface area contributed by atoms with Crippen molar-refractivity contribution in [2.75, 3.05) is 13.7 Å². The molecule has 1 heterocycles. The molecule has 0 aliphatic rings. The first kappa shape index (κ1) is 15.9. The Morgan fingerprint density at radius 2 is 2.14 bits per heavy atom. The fraction of sp³-hybridized carbons (Fsp3) is 0.125. The van der Waals surface area contributed by atoms with E-state index in [4.69, 9.17) is 9.47 Å². The van der Waals surface area contributed by atoms with Gasteiger partial charge in [-0.3, -0.25) is 4.79 Å². The smallest absolute Gasteiger partial charge is 0.331 e. The van der Waals surface area contributed by atoms with E-state index in [0.29, 0.717) is 10.4 Å². The number of ketones is 1. The van der Waals surface area contributed by atoms with Crippen LogP contribution in [0.15, 0.2) is 41.8 Å². The number of carbonyl (C=O) groups is 2. The summed E-state index contributed by atoms with van der Waals surface area (Å²) >= 11 is 1.29. The minimum absolute atomic E-state index is 0.126. The van der Waals surface area contributed by atoms with Crippen molar-refractivity contribution < 1.29 is 23.5 Å². The summed E-state index contributed by atoms with van der Waals surface area (Å²) in [7, 11) is 1.37. The van der Waals surface area contributed by atoms with E-state index in [1.807, 2.05) is 0 Å². The number of benzene rings is 1. The first-order chi connectivity index (χ1) is 10.6. The topological polar surface area (TPSA) is 52.6 Å². The summed E-state index contributed by atoms with van der Waals surface area (Å²) in [5.41, 5.74) is 0.486. The lowest BCUT2D eigenvalue weighted by atomic mass is 10.2. The molecule has 0 aliphatic carbocycles. The van der Waals surface area contributed by atoms with Crippen molar-refractivity contribution in [1.29, 1.82) is 0 Å². The third kappa shape index (κ3) is 4.26. The van der Waals surface area contributed by atoms with Crippen molar-refractivity contribution in [1.82, 2.24) is 0 Å². The van der Waals surface area contributed by atoms with Gasteiger partial charge >= 0.3 is 5.97 Å². The van der Waals surface area contributed by atoms with E-state index in [0.717, 1.165) is 6.08 Å². The second-order valence-corrected chi connectivity index (χ2v) is 5.18. The lowest BCUT2D eigenvalue weighted by Gasteiger charge is -2.02. The van der Waals surface area contributed by atoms with Crippen LogP contribution in [0.2, 0.25) is 0 Å². The summed E-state index contributed by atoms with van der Waals surface area (Å²) in [4.78, 5) is 23.7. The fourth-order valence-electron chi connectivity index (χ4n) is 1.64. The SMILES string of the molecule is COc1ccc(/C=C/C(=O)OCC(=O)c2cccs2)cc1F. The van der Waals surface area contributed by atoms with Gasteiger partial charge in [0.25, 0.3) is 0 Å². The van der Waals surface area contributed by atoms with Gasteiger partial charge in [0.2, 0.25) is 5.78 Å². The molecule has 0 atom stereocenters. The summed E-state index contributed by atoms with van der Waals surface area (Å²) in [5, 5.41) is 1.77. The number of hydrogen-bond acceptors (Lipinski definition) is 5. The van der Waals surface area contributed by atoms with E-state index in [1.54, 1.807) is 23.6 Å². The van der Waals surface area contributed by atoms with Crippen molar-refractivity contribution >= 4 is 29.2 Å². The second kappa shape index (κ2) is 7.51. The molecule has 0 saturated carbocycles. The van der Waals surface area contributed by atoms with Gasteiger partial charge in [0.05, 0.1) is 12.0 Å². The molecule has 1 aromatic heterocycles. The number of hydrogen-bond donors (Lipinski definition) is 0.